The van der Waals surface area contributed by atoms with Crippen molar-refractivity contribution >= 4 is 5.84 Å². The number of hydrogen-bond donors (Lipinski definition) is 2. The van der Waals surface area contributed by atoms with Crippen molar-refractivity contribution in [1.82, 2.24) is 14.7 Å². The van der Waals surface area contributed by atoms with Gasteiger partial charge in [0, 0.05) is 32.6 Å². The lowest BCUT2D eigenvalue weighted by Gasteiger charge is -2.16. The van der Waals surface area contributed by atoms with Crippen LogP contribution in [0.25, 0.3) is 0 Å². The Kier molecular flexibility index (Phi) is 3.60. The molecule has 1 aliphatic heterocycles. The standard InChI is InChI=1S/C10H17N5O2/c1-17-9-6-14(7-10(11)13-16)5-8(9)15-4-2-3-12-15/h2-4,8-9,16H,5-7H2,1H3,(H2,11,13). The van der Waals surface area contributed by atoms with Crippen LogP contribution in [0.15, 0.2) is 23.6 Å². The number of oxime groups is 1. The van der Waals surface area contributed by atoms with Crippen molar-refractivity contribution in [3.63, 3.8) is 0 Å². The maximum Gasteiger partial charge on any atom is 0.153 e. The molecule has 1 aromatic heterocycles. The van der Waals surface area contributed by atoms with Crippen molar-refractivity contribution in [3.05, 3.63) is 18.5 Å². The van der Waals surface area contributed by atoms with Crippen molar-refractivity contribution < 1.29 is 9.94 Å². The Morgan fingerprint density at radius 2 is 2.47 bits per heavy atom. The van der Waals surface area contributed by atoms with Crippen LogP contribution >= 0.6 is 0 Å². The van der Waals surface area contributed by atoms with E-state index in [1.165, 1.54) is 0 Å². The van der Waals surface area contributed by atoms with E-state index in [0.717, 1.165) is 13.1 Å². The Hall–Kier alpha value is -1.60. The number of aromatic nitrogens is 2. The zero-order valence-electron chi connectivity index (χ0n) is 9.73. The van der Waals surface area contributed by atoms with Gasteiger partial charge in [-0.15, -0.1) is 0 Å². The Labute approximate surface area is 99.4 Å². The molecule has 2 rings (SSSR count). The lowest BCUT2D eigenvalue weighted by Crippen LogP contribution is -2.33. The van der Waals surface area contributed by atoms with Gasteiger partial charge in [0.25, 0.3) is 0 Å². The Morgan fingerprint density at radius 3 is 3.06 bits per heavy atom. The van der Waals surface area contributed by atoms with E-state index in [1.54, 1.807) is 13.3 Å². The molecule has 3 N–H and O–H groups in total. The van der Waals surface area contributed by atoms with Crippen LogP contribution in [0.3, 0.4) is 0 Å². The van der Waals surface area contributed by atoms with Gasteiger partial charge in [-0.1, -0.05) is 5.16 Å². The average Bonchev–Trinajstić information content (AvgIpc) is 2.96. The summed E-state index contributed by atoms with van der Waals surface area (Å²) in [5.41, 5.74) is 5.50. The maximum atomic E-state index is 8.56. The summed E-state index contributed by atoms with van der Waals surface area (Å²) in [6.07, 6.45) is 3.74. The highest BCUT2D eigenvalue weighted by Gasteiger charge is 2.34. The van der Waals surface area contributed by atoms with Crippen LogP contribution in [-0.4, -0.2) is 58.6 Å². The van der Waals surface area contributed by atoms with Gasteiger partial charge in [0.15, 0.2) is 5.84 Å². The fraction of sp³-hybridized carbons (Fsp3) is 0.600. The molecule has 1 saturated heterocycles. The number of nitrogens with zero attached hydrogens (tertiary/aromatic N) is 4. The molecule has 2 atom stereocenters. The number of likely N-dealkylation sites (tertiary alicyclic amines) is 1. The zero-order chi connectivity index (χ0) is 12.3. The van der Waals surface area contributed by atoms with Gasteiger partial charge in [-0.3, -0.25) is 9.58 Å². The third kappa shape index (κ3) is 2.56. The lowest BCUT2D eigenvalue weighted by atomic mass is 10.2. The highest BCUT2D eigenvalue weighted by molar-refractivity contribution is 5.81. The maximum absolute atomic E-state index is 8.56. The first-order valence-corrected chi connectivity index (χ1v) is 5.45. The summed E-state index contributed by atoms with van der Waals surface area (Å²) in [7, 11) is 1.69. The Bertz CT molecular complexity index is 378. The van der Waals surface area contributed by atoms with Crippen LogP contribution in [-0.2, 0) is 4.74 Å². The molecular formula is C10H17N5O2. The molecule has 0 radical (unpaired) electrons. The van der Waals surface area contributed by atoms with Crippen molar-refractivity contribution in [3.8, 4) is 0 Å². The Morgan fingerprint density at radius 1 is 1.65 bits per heavy atom. The molecule has 7 heteroatoms. The minimum absolute atomic E-state index is 0.0707. The van der Waals surface area contributed by atoms with Crippen LogP contribution in [0, 0.1) is 0 Å². The summed E-state index contributed by atoms with van der Waals surface area (Å²) in [5.74, 6) is 0.209. The molecule has 1 aromatic rings. The van der Waals surface area contributed by atoms with Crippen LogP contribution in [0.2, 0.25) is 0 Å². The molecule has 0 aromatic carbocycles. The predicted octanol–water partition coefficient (Wildman–Crippen LogP) is -0.499. The zero-order valence-corrected chi connectivity index (χ0v) is 9.73. The van der Waals surface area contributed by atoms with Gasteiger partial charge >= 0.3 is 0 Å². The number of amidine groups is 1. The molecule has 0 amide bonds. The van der Waals surface area contributed by atoms with Gasteiger partial charge in [0.05, 0.1) is 18.7 Å². The van der Waals surface area contributed by atoms with Gasteiger partial charge < -0.3 is 15.7 Å². The van der Waals surface area contributed by atoms with E-state index in [4.69, 9.17) is 15.7 Å². The predicted molar refractivity (Wildman–Crippen MR) is 61.9 cm³/mol. The van der Waals surface area contributed by atoms with Gasteiger partial charge in [-0.05, 0) is 6.07 Å². The molecular weight excluding hydrogens is 222 g/mol. The molecule has 17 heavy (non-hydrogen) atoms. The molecule has 2 heterocycles. The molecule has 1 fully saturated rings. The van der Waals surface area contributed by atoms with Crippen molar-refractivity contribution in [2.45, 2.75) is 12.1 Å². The van der Waals surface area contributed by atoms with Crippen LogP contribution < -0.4 is 5.73 Å². The fourth-order valence-corrected chi connectivity index (χ4v) is 2.19. The normalized spacial score (nSPS) is 26.5. The smallest absolute Gasteiger partial charge is 0.153 e. The number of ether oxygens (including phenoxy) is 1. The molecule has 0 spiro atoms. The van der Waals surface area contributed by atoms with E-state index in [0.29, 0.717) is 6.54 Å². The monoisotopic (exact) mass is 239 g/mol. The quantitative estimate of drug-likeness (QED) is 0.320. The topological polar surface area (TPSA) is 88.9 Å². The van der Waals surface area contributed by atoms with Crippen LogP contribution in [0.1, 0.15) is 6.04 Å². The van der Waals surface area contributed by atoms with Gasteiger partial charge in [-0.2, -0.15) is 5.10 Å². The number of nitrogens with two attached hydrogens (primary N) is 1. The second kappa shape index (κ2) is 5.15. The Balaban J connectivity index is 2.04. The molecule has 7 nitrogen and oxygen atoms in total. The molecule has 0 bridgehead atoms. The van der Waals surface area contributed by atoms with Gasteiger partial charge in [0.2, 0.25) is 0 Å². The third-order valence-corrected chi connectivity index (χ3v) is 2.99. The van der Waals surface area contributed by atoms with E-state index in [2.05, 4.69) is 15.2 Å². The highest BCUT2D eigenvalue weighted by Crippen LogP contribution is 2.23. The third-order valence-electron chi connectivity index (χ3n) is 2.99. The van der Waals surface area contributed by atoms with Crippen molar-refractivity contribution in [2.24, 2.45) is 10.9 Å². The van der Waals surface area contributed by atoms with E-state index in [1.807, 2.05) is 16.9 Å². The van der Waals surface area contributed by atoms with E-state index < -0.39 is 0 Å². The van der Waals surface area contributed by atoms with Crippen LogP contribution in [0.4, 0.5) is 0 Å². The van der Waals surface area contributed by atoms with Crippen molar-refractivity contribution in [2.75, 3.05) is 26.7 Å². The van der Waals surface area contributed by atoms with E-state index >= 15 is 0 Å². The number of rotatable bonds is 4. The molecule has 0 aliphatic carbocycles. The van der Waals surface area contributed by atoms with Crippen LogP contribution in [0.5, 0.6) is 0 Å². The van der Waals surface area contributed by atoms with E-state index in [9.17, 15) is 0 Å². The summed E-state index contributed by atoms with van der Waals surface area (Å²) < 4.78 is 7.34. The van der Waals surface area contributed by atoms with Crippen molar-refractivity contribution in [1.29, 1.82) is 0 Å². The summed E-state index contributed by atoms with van der Waals surface area (Å²) in [5, 5.41) is 15.8. The molecule has 0 saturated carbocycles. The second-order valence-corrected chi connectivity index (χ2v) is 4.11. The molecule has 94 valence electrons. The highest BCUT2D eigenvalue weighted by atomic mass is 16.5. The average molecular weight is 239 g/mol. The first-order valence-electron chi connectivity index (χ1n) is 5.45. The van der Waals surface area contributed by atoms with Gasteiger partial charge in [-0.25, -0.2) is 0 Å². The fourth-order valence-electron chi connectivity index (χ4n) is 2.19. The summed E-state index contributed by atoms with van der Waals surface area (Å²) in [4.78, 5) is 2.08. The number of methoxy groups -OCH3 is 1. The minimum atomic E-state index is 0.0707. The molecule has 2 unspecified atom stereocenters. The molecule has 1 aliphatic rings. The minimum Gasteiger partial charge on any atom is -0.409 e. The first-order chi connectivity index (χ1) is 8.24. The largest absolute Gasteiger partial charge is 0.409 e. The first kappa shape index (κ1) is 11.9. The number of hydrogen-bond acceptors (Lipinski definition) is 5. The summed E-state index contributed by atoms with van der Waals surface area (Å²) in [6.45, 7) is 1.96. The summed E-state index contributed by atoms with van der Waals surface area (Å²) >= 11 is 0. The summed E-state index contributed by atoms with van der Waals surface area (Å²) in [6, 6.07) is 2.06. The lowest BCUT2D eigenvalue weighted by molar-refractivity contribution is 0.0788. The SMILES string of the molecule is COC1CN(C/C(N)=N/O)CC1n1cccn1. The van der Waals surface area contributed by atoms with E-state index in [-0.39, 0.29) is 18.0 Å². The second-order valence-electron chi connectivity index (χ2n) is 4.11. The van der Waals surface area contributed by atoms with Gasteiger partial charge in [0.1, 0.15) is 0 Å².